The molecule has 0 saturated carbocycles. The first-order chi connectivity index (χ1) is 14.1. The van der Waals surface area contributed by atoms with Crippen LogP contribution in [0.3, 0.4) is 0 Å². The number of rotatable bonds is 6. The Bertz CT molecular complexity index is 1130. The zero-order valence-electron chi connectivity index (χ0n) is 15.7. The number of para-hydroxylation sites is 1. The third kappa shape index (κ3) is 4.55. The first kappa shape index (κ1) is 19.4. The summed E-state index contributed by atoms with van der Waals surface area (Å²) in [7, 11) is 0. The van der Waals surface area contributed by atoms with Gasteiger partial charge in [-0.1, -0.05) is 52.8 Å². The fourth-order valence-electron chi connectivity index (χ4n) is 2.79. The van der Waals surface area contributed by atoms with Crippen LogP contribution in [-0.2, 0) is 11.3 Å². The van der Waals surface area contributed by atoms with E-state index in [0.29, 0.717) is 28.0 Å². The van der Waals surface area contributed by atoms with E-state index in [0.717, 1.165) is 16.0 Å². The van der Waals surface area contributed by atoms with E-state index in [9.17, 15) is 4.79 Å². The lowest BCUT2D eigenvalue weighted by Gasteiger charge is -2.19. The fourth-order valence-corrected chi connectivity index (χ4v) is 4.07. The number of halogens is 1. The molecule has 146 valence electrons. The molecule has 0 N–H and O–H groups in total. The van der Waals surface area contributed by atoms with Crippen molar-refractivity contribution in [2.24, 2.45) is 0 Å². The van der Waals surface area contributed by atoms with E-state index in [4.69, 9.17) is 16.3 Å². The van der Waals surface area contributed by atoms with Crippen molar-refractivity contribution in [2.75, 3.05) is 11.5 Å². The van der Waals surface area contributed by atoms with Gasteiger partial charge in [0.1, 0.15) is 11.3 Å². The van der Waals surface area contributed by atoms with Gasteiger partial charge in [-0.3, -0.25) is 14.7 Å². The summed E-state index contributed by atoms with van der Waals surface area (Å²) in [4.78, 5) is 23.6. The molecule has 0 radical (unpaired) electrons. The number of amides is 1. The third-order valence-corrected chi connectivity index (χ3v) is 5.67. The average molecular weight is 424 g/mol. The van der Waals surface area contributed by atoms with Crippen molar-refractivity contribution in [3.05, 3.63) is 83.1 Å². The molecule has 4 aromatic rings. The standard InChI is InChI=1S/C22H18ClN3O2S/c1-15-8-10-17(11-9-15)28-14-20(27)26(13-16-5-2-3-12-24-16)22-25-21-18(23)6-4-7-19(21)29-22/h2-12H,13-14H2,1H3. The highest BCUT2D eigenvalue weighted by Gasteiger charge is 2.22. The van der Waals surface area contributed by atoms with Gasteiger partial charge in [0.15, 0.2) is 11.7 Å². The van der Waals surface area contributed by atoms with Crippen molar-refractivity contribution in [1.82, 2.24) is 9.97 Å². The molecule has 0 unspecified atom stereocenters. The van der Waals surface area contributed by atoms with Crippen LogP contribution in [0.25, 0.3) is 10.2 Å². The first-order valence-electron chi connectivity index (χ1n) is 9.05. The summed E-state index contributed by atoms with van der Waals surface area (Å²) in [6, 6.07) is 18.8. The summed E-state index contributed by atoms with van der Waals surface area (Å²) in [6.45, 7) is 2.20. The predicted molar refractivity (Wildman–Crippen MR) is 117 cm³/mol. The Kier molecular flexibility index (Phi) is 5.74. The molecule has 4 rings (SSSR count). The quantitative estimate of drug-likeness (QED) is 0.424. The zero-order valence-corrected chi connectivity index (χ0v) is 17.3. The van der Waals surface area contributed by atoms with Gasteiger partial charge in [0, 0.05) is 6.20 Å². The van der Waals surface area contributed by atoms with E-state index < -0.39 is 0 Å². The van der Waals surface area contributed by atoms with Crippen LogP contribution in [0.1, 0.15) is 11.3 Å². The minimum absolute atomic E-state index is 0.0977. The van der Waals surface area contributed by atoms with Gasteiger partial charge >= 0.3 is 0 Å². The number of ether oxygens (including phenoxy) is 1. The number of aromatic nitrogens is 2. The average Bonchev–Trinajstić information content (AvgIpc) is 3.17. The number of aryl methyl sites for hydroxylation is 1. The molecule has 0 saturated heterocycles. The molecule has 2 aromatic carbocycles. The topological polar surface area (TPSA) is 55.3 Å². The number of carbonyl (C=O) groups is 1. The molecule has 0 fully saturated rings. The number of anilines is 1. The minimum Gasteiger partial charge on any atom is -0.484 e. The first-order valence-corrected chi connectivity index (χ1v) is 10.2. The molecule has 0 aliphatic rings. The fraction of sp³-hybridized carbons (Fsp3) is 0.136. The Morgan fingerprint density at radius 3 is 2.66 bits per heavy atom. The Balaban J connectivity index is 1.60. The number of hydrogen-bond acceptors (Lipinski definition) is 5. The molecule has 0 spiro atoms. The van der Waals surface area contributed by atoms with Crippen molar-refractivity contribution < 1.29 is 9.53 Å². The highest BCUT2D eigenvalue weighted by molar-refractivity contribution is 7.22. The molecule has 29 heavy (non-hydrogen) atoms. The molecule has 0 atom stereocenters. The van der Waals surface area contributed by atoms with E-state index in [-0.39, 0.29) is 12.5 Å². The summed E-state index contributed by atoms with van der Waals surface area (Å²) in [5.41, 5.74) is 2.58. The van der Waals surface area contributed by atoms with Crippen LogP contribution in [0.5, 0.6) is 5.75 Å². The molecular formula is C22H18ClN3O2S. The molecule has 2 heterocycles. The number of carbonyl (C=O) groups excluding carboxylic acids is 1. The van der Waals surface area contributed by atoms with Gasteiger partial charge in [0.25, 0.3) is 5.91 Å². The van der Waals surface area contributed by atoms with Crippen molar-refractivity contribution in [3.8, 4) is 5.75 Å². The lowest BCUT2D eigenvalue weighted by Crippen LogP contribution is -2.34. The van der Waals surface area contributed by atoms with Gasteiger partial charge < -0.3 is 4.74 Å². The number of pyridine rings is 1. The monoisotopic (exact) mass is 423 g/mol. The summed E-state index contributed by atoms with van der Waals surface area (Å²) in [6.07, 6.45) is 1.70. The Labute approximate surface area is 177 Å². The number of nitrogens with zero attached hydrogens (tertiary/aromatic N) is 3. The summed E-state index contributed by atoms with van der Waals surface area (Å²) in [5.74, 6) is 0.445. The maximum Gasteiger partial charge on any atom is 0.267 e. The molecule has 5 nitrogen and oxygen atoms in total. The minimum atomic E-state index is -0.202. The van der Waals surface area contributed by atoms with Gasteiger partial charge in [0.05, 0.1) is 22.0 Å². The third-order valence-electron chi connectivity index (χ3n) is 4.32. The Morgan fingerprint density at radius 1 is 1.10 bits per heavy atom. The number of hydrogen-bond donors (Lipinski definition) is 0. The van der Waals surface area contributed by atoms with Crippen molar-refractivity contribution in [1.29, 1.82) is 0 Å². The van der Waals surface area contributed by atoms with Crippen LogP contribution < -0.4 is 9.64 Å². The van der Waals surface area contributed by atoms with Crippen LogP contribution in [0, 0.1) is 6.92 Å². The van der Waals surface area contributed by atoms with Gasteiger partial charge in [0.2, 0.25) is 0 Å². The zero-order chi connectivity index (χ0) is 20.2. The highest BCUT2D eigenvalue weighted by Crippen LogP contribution is 2.33. The molecular weight excluding hydrogens is 406 g/mol. The summed E-state index contributed by atoms with van der Waals surface area (Å²) >= 11 is 7.69. The van der Waals surface area contributed by atoms with E-state index in [1.165, 1.54) is 11.3 Å². The second-order valence-electron chi connectivity index (χ2n) is 6.49. The lowest BCUT2D eigenvalue weighted by molar-refractivity contribution is -0.120. The molecule has 0 bridgehead atoms. The van der Waals surface area contributed by atoms with Crippen LogP contribution in [0.4, 0.5) is 5.13 Å². The van der Waals surface area contributed by atoms with Gasteiger partial charge in [-0.05, 0) is 43.3 Å². The van der Waals surface area contributed by atoms with Gasteiger partial charge in [-0.2, -0.15) is 0 Å². The van der Waals surface area contributed by atoms with Crippen molar-refractivity contribution in [2.45, 2.75) is 13.5 Å². The number of fused-ring (bicyclic) bond motifs is 1. The van der Waals surface area contributed by atoms with Crippen molar-refractivity contribution in [3.63, 3.8) is 0 Å². The maximum atomic E-state index is 13.1. The van der Waals surface area contributed by atoms with Crippen LogP contribution in [0.2, 0.25) is 5.02 Å². The number of thiazole rings is 1. The molecule has 0 aliphatic heterocycles. The second-order valence-corrected chi connectivity index (χ2v) is 7.90. The predicted octanol–water partition coefficient (Wildman–Crippen LogP) is 5.27. The Morgan fingerprint density at radius 2 is 1.93 bits per heavy atom. The molecule has 2 aromatic heterocycles. The largest absolute Gasteiger partial charge is 0.484 e. The second kappa shape index (κ2) is 8.59. The van der Waals surface area contributed by atoms with Crippen LogP contribution in [0.15, 0.2) is 66.9 Å². The van der Waals surface area contributed by atoms with Crippen LogP contribution >= 0.6 is 22.9 Å². The SMILES string of the molecule is Cc1ccc(OCC(=O)N(Cc2ccccn2)c2nc3c(Cl)cccc3s2)cc1. The summed E-state index contributed by atoms with van der Waals surface area (Å²) < 4.78 is 6.62. The summed E-state index contributed by atoms with van der Waals surface area (Å²) in [5, 5.41) is 1.13. The lowest BCUT2D eigenvalue weighted by atomic mass is 10.2. The molecule has 1 amide bonds. The maximum absolute atomic E-state index is 13.1. The van der Waals surface area contributed by atoms with Crippen LogP contribution in [-0.4, -0.2) is 22.5 Å². The van der Waals surface area contributed by atoms with Gasteiger partial charge in [-0.25, -0.2) is 4.98 Å². The molecule has 7 heteroatoms. The highest BCUT2D eigenvalue weighted by atomic mass is 35.5. The van der Waals surface area contributed by atoms with Crippen molar-refractivity contribution >= 4 is 44.2 Å². The van der Waals surface area contributed by atoms with E-state index >= 15 is 0 Å². The smallest absolute Gasteiger partial charge is 0.267 e. The van der Waals surface area contributed by atoms with Gasteiger partial charge in [-0.15, -0.1) is 0 Å². The van der Waals surface area contributed by atoms with E-state index in [1.807, 2.05) is 61.5 Å². The van der Waals surface area contributed by atoms with E-state index in [1.54, 1.807) is 17.2 Å². The molecule has 0 aliphatic carbocycles. The van der Waals surface area contributed by atoms with E-state index in [2.05, 4.69) is 9.97 Å². The number of benzene rings is 2. The normalized spacial score (nSPS) is 10.8. The Hall–Kier alpha value is -2.96.